The lowest BCUT2D eigenvalue weighted by molar-refractivity contribution is -0.148. The first-order valence-electron chi connectivity index (χ1n) is 5.96. The summed E-state index contributed by atoms with van der Waals surface area (Å²) in [5, 5.41) is 18.3. The zero-order valence-corrected chi connectivity index (χ0v) is 10.1. The smallest absolute Gasteiger partial charge is 0.310 e. The first-order chi connectivity index (χ1) is 7.59. The van der Waals surface area contributed by atoms with Crippen LogP contribution in [0.4, 0.5) is 0 Å². The van der Waals surface area contributed by atoms with Gasteiger partial charge < -0.3 is 5.11 Å². The highest BCUT2D eigenvalue weighted by Gasteiger charge is 2.45. The number of rotatable bonds is 5. The molecule has 0 aromatic heterocycles. The first-order valence-corrected chi connectivity index (χ1v) is 5.96. The van der Waals surface area contributed by atoms with Gasteiger partial charge in [-0.15, -0.1) is 0 Å². The third-order valence-corrected chi connectivity index (χ3v) is 3.54. The average molecular weight is 224 g/mol. The van der Waals surface area contributed by atoms with Crippen molar-refractivity contribution >= 4 is 5.97 Å². The fourth-order valence-corrected chi connectivity index (χ4v) is 2.57. The van der Waals surface area contributed by atoms with Gasteiger partial charge >= 0.3 is 5.97 Å². The molecule has 4 heteroatoms. The van der Waals surface area contributed by atoms with Crippen LogP contribution in [-0.4, -0.2) is 35.1 Å². The van der Waals surface area contributed by atoms with Crippen molar-refractivity contribution in [1.29, 1.82) is 5.26 Å². The van der Waals surface area contributed by atoms with Crippen molar-refractivity contribution in [1.82, 2.24) is 4.90 Å². The largest absolute Gasteiger partial charge is 0.481 e. The van der Waals surface area contributed by atoms with Crippen LogP contribution in [0.2, 0.25) is 0 Å². The van der Waals surface area contributed by atoms with Gasteiger partial charge in [-0.1, -0.05) is 20.3 Å². The Balaban J connectivity index is 2.74. The van der Waals surface area contributed by atoms with Gasteiger partial charge in [0.05, 0.1) is 17.5 Å². The molecule has 1 rings (SSSR count). The molecule has 90 valence electrons. The fraction of sp³-hybridized carbons (Fsp3) is 0.833. The van der Waals surface area contributed by atoms with Gasteiger partial charge in [-0.3, -0.25) is 9.69 Å². The molecule has 0 aliphatic carbocycles. The first kappa shape index (κ1) is 13.0. The number of carboxylic acid groups (broad SMARTS) is 1. The second-order valence-electron chi connectivity index (χ2n) is 4.61. The van der Waals surface area contributed by atoms with Crippen molar-refractivity contribution in [3.63, 3.8) is 0 Å². The molecule has 0 aromatic rings. The van der Waals surface area contributed by atoms with Crippen molar-refractivity contribution in [2.45, 2.75) is 45.6 Å². The maximum atomic E-state index is 11.3. The molecule has 1 saturated heterocycles. The van der Waals surface area contributed by atoms with E-state index in [-0.39, 0.29) is 6.04 Å². The van der Waals surface area contributed by atoms with Crippen LogP contribution in [0, 0.1) is 16.7 Å². The molecule has 0 bridgehead atoms. The summed E-state index contributed by atoms with van der Waals surface area (Å²) in [4.78, 5) is 13.4. The van der Waals surface area contributed by atoms with Gasteiger partial charge in [0.1, 0.15) is 0 Å². The number of likely N-dealkylation sites (tertiary alicyclic amines) is 1. The van der Waals surface area contributed by atoms with Crippen molar-refractivity contribution in [3.05, 3.63) is 0 Å². The van der Waals surface area contributed by atoms with E-state index >= 15 is 0 Å². The monoisotopic (exact) mass is 224 g/mol. The molecular weight excluding hydrogens is 204 g/mol. The standard InChI is InChI=1S/C12H20N2O2/c1-3-5-12(11(15)16)6-7-14(9-12)10(4-2)8-13/h10H,3-7,9H2,1-2H3,(H,15,16). The maximum absolute atomic E-state index is 11.3. The van der Waals surface area contributed by atoms with Gasteiger partial charge in [0.25, 0.3) is 0 Å². The van der Waals surface area contributed by atoms with E-state index in [1.165, 1.54) is 0 Å². The number of carboxylic acids is 1. The van der Waals surface area contributed by atoms with Crippen LogP contribution in [0.15, 0.2) is 0 Å². The Morgan fingerprint density at radius 1 is 1.62 bits per heavy atom. The topological polar surface area (TPSA) is 64.3 Å². The molecule has 1 heterocycles. The van der Waals surface area contributed by atoms with Crippen LogP contribution >= 0.6 is 0 Å². The van der Waals surface area contributed by atoms with Crippen molar-refractivity contribution in [2.24, 2.45) is 5.41 Å². The Morgan fingerprint density at radius 3 is 2.75 bits per heavy atom. The Morgan fingerprint density at radius 2 is 2.31 bits per heavy atom. The summed E-state index contributed by atoms with van der Waals surface area (Å²) in [5.74, 6) is -0.704. The third-order valence-electron chi connectivity index (χ3n) is 3.54. The number of aliphatic carboxylic acids is 1. The summed E-state index contributed by atoms with van der Waals surface area (Å²) >= 11 is 0. The summed E-state index contributed by atoms with van der Waals surface area (Å²) < 4.78 is 0. The van der Waals surface area contributed by atoms with Crippen molar-refractivity contribution in [3.8, 4) is 6.07 Å². The van der Waals surface area contributed by atoms with E-state index in [0.29, 0.717) is 19.4 Å². The number of hydrogen-bond donors (Lipinski definition) is 1. The predicted molar refractivity (Wildman–Crippen MR) is 60.9 cm³/mol. The Hall–Kier alpha value is -1.08. The van der Waals surface area contributed by atoms with E-state index in [1.54, 1.807) is 0 Å². The molecule has 0 aromatic carbocycles. The lowest BCUT2D eigenvalue weighted by Gasteiger charge is -2.26. The minimum atomic E-state index is -0.704. The van der Waals surface area contributed by atoms with Crippen LogP contribution in [0.25, 0.3) is 0 Å². The fourth-order valence-electron chi connectivity index (χ4n) is 2.57. The number of nitriles is 1. The highest BCUT2D eigenvalue weighted by Crippen LogP contribution is 2.36. The Bertz CT molecular complexity index is 298. The number of nitrogens with zero attached hydrogens (tertiary/aromatic N) is 2. The zero-order chi connectivity index (χ0) is 12.2. The van der Waals surface area contributed by atoms with Gasteiger partial charge in [0.2, 0.25) is 0 Å². The highest BCUT2D eigenvalue weighted by atomic mass is 16.4. The maximum Gasteiger partial charge on any atom is 0.310 e. The van der Waals surface area contributed by atoms with E-state index < -0.39 is 11.4 Å². The normalized spacial score (nSPS) is 27.6. The summed E-state index contributed by atoms with van der Waals surface area (Å²) in [6, 6.07) is 2.12. The van der Waals surface area contributed by atoms with Crippen LogP contribution in [0.5, 0.6) is 0 Å². The van der Waals surface area contributed by atoms with Crippen LogP contribution in [-0.2, 0) is 4.79 Å². The molecule has 1 aliphatic rings. The van der Waals surface area contributed by atoms with Crippen LogP contribution < -0.4 is 0 Å². The Kier molecular flexibility index (Phi) is 4.31. The van der Waals surface area contributed by atoms with Gasteiger partial charge in [0.15, 0.2) is 0 Å². The molecule has 1 fully saturated rings. The lowest BCUT2D eigenvalue weighted by atomic mass is 9.83. The SMILES string of the molecule is CCCC1(C(=O)O)CCN(C(C#N)CC)C1. The molecule has 0 spiro atoms. The number of carbonyl (C=O) groups is 1. The summed E-state index contributed by atoms with van der Waals surface area (Å²) in [7, 11) is 0. The molecule has 1 aliphatic heterocycles. The Labute approximate surface area is 96.9 Å². The van der Waals surface area contributed by atoms with E-state index in [0.717, 1.165) is 19.4 Å². The van der Waals surface area contributed by atoms with Crippen molar-refractivity contribution < 1.29 is 9.90 Å². The summed E-state index contributed by atoms with van der Waals surface area (Å²) in [6.45, 7) is 5.24. The molecule has 1 N–H and O–H groups in total. The predicted octanol–water partition coefficient (Wildman–Crippen LogP) is 1.87. The van der Waals surface area contributed by atoms with E-state index in [4.69, 9.17) is 5.26 Å². The second kappa shape index (κ2) is 5.31. The third kappa shape index (κ3) is 2.35. The summed E-state index contributed by atoms with van der Waals surface area (Å²) in [6.07, 6.45) is 3.02. The zero-order valence-electron chi connectivity index (χ0n) is 10.1. The average Bonchev–Trinajstić information content (AvgIpc) is 2.66. The van der Waals surface area contributed by atoms with E-state index in [2.05, 4.69) is 6.07 Å². The van der Waals surface area contributed by atoms with Gasteiger partial charge in [-0.25, -0.2) is 0 Å². The minimum Gasteiger partial charge on any atom is -0.481 e. The molecule has 2 atom stereocenters. The molecule has 16 heavy (non-hydrogen) atoms. The van der Waals surface area contributed by atoms with Gasteiger partial charge in [-0.2, -0.15) is 5.26 Å². The molecular formula is C12H20N2O2. The highest BCUT2D eigenvalue weighted by molar-refractivity contribution is 5.75. The molecule has 2 unspecified atom stereocenters. The van der Waals surface area contributed by atoms with Crippen LogP contribution in [0.3, 0.4) is 0 Å². The van der Waals surface area contributed by atoms with Gasteiger partial charge in [0, 0.05) is 13.1 Å². The van der Waals surface area contributed by atoms with Crippen molar-refractivity contribution in [2.75, 3.05) is 13.1 Å². The van der Waals surface area contributed by atoms with Crippen LogP contribution in [0.1, 0.15) is 39.5 Å². The second-order valence-corrected chi connectivity index (χ2v) is 4.61. The summed E-state index contributed by atoms with van der Waals surface area (Å²) in [5.41, 5.74) is -0.612. The van der Waals surface area contributed by atoms with E-state index in [1.807, 2.05) is 18.7 Å². The minimum absolute atomic E-state index is 0.127. The van der Waals surface area contributed by atoms with E-state index in [9.17, 15) is 9.90 Å². The molecule has 0 saturated carbocycles. The number of hydrogen-bond acceptors (Lipinski definition) is 3. The quantitative estimate of drug-likeness (QED) is 0.774. The molecule has 0 radical (unpaired) electrons. The van der Waals surface area contributed by atoms with Gasteiger partial charge in [-0.05, 0) is 19.3 Å². The molecule has 0 amide bonds. The lowest BCUT2D eigenvalue weighted by Crippen LogP contribution is -2.38. The molecule has 4 nitrogen and oxygen atoms in total.